The van der Waals surface area contributed by atoms with Gasteiger partial charge in [-0.15, -0.1) is 0 Å². The van der Waals surface area contributed by atoms with E-state index in [9.17, 15) is 4.79 Å². The van der Waals surface area contributed by atoms with Crippen molar-refractivity contribution in [1.82, 2.24) is 5.32 Å². The van der Waals surface area contributed by atoms with Crippen LogP contribution >= 0.6 is 0 Å². The van der Waals surface area contributed by atoms with Gasteiger partial charge in [0.15, 0.2) is 0 Å². The molecule has 5 nitrogen and oxygen atoms in total. The third kappa shape index (κ3) is 5.72. The lowest BCUT2D eigenvalue weighted by molar-refractivity contribution is -0.124. The second-order valence-corrected chi connectivity index (χ2v) is 6.92. The quantitative estimate of drug-likeness (QED) is 0.771. The van der Waals surface area contributed by atoms with E-state index in [2.05, 4.69) is 5.32 Å². The maximum Gasteiger partial charge on any atom is 0.220 e. The topological polar surface area (TPSA) is 56.8 Å². The van der Waals surface area contributed by atoms with Gasteiger partial charge in [-0.3, -0.25) is 4.79 Å². The molecule has 5 heteroatoms. The van der Waals surface area contributed by atoms with E-state index in [0.717, 1.165) is 57.9 Å². The lowest BCUT2D eigenvalue weighted by Crippen LogP contribution is -2.49. The molecule has 2 saturated heterocycles. The molecule has 1 aromatic carbocycles. The Morgan fingerprint density at radius 3 is 2.64 bits per heavy atom. The average Bonchev–Trinajstić information content (AvgIpc) is 2.67. The standard InChI is InChI=1S/C20H29NO4/c22-20(7-4-11-25-17-5-2-1-3-6-17)21-19-10-14-24-15-18(19)16-8-12-23-13-9-16/h1-3,5-6,16,18-19H,4,7-15H2,(H,21,22)/t18-,19-/m1/s1. The molecule has 25 heavy (non-hydrogen) atoms. The minimum Gasteiger partial charge on any atom is -0.494 e. The molecule has 2 fully saturated rings. The van der Waals surface area contributed by atoms with Crippen LogP contribution in [0.2, 0.25) is 0 Å². The van der Waals surface area contributed by atoms with E-state index in [0.29, 0.717) is 24.9 Å². The molecule has 0 spiro atoms. The van der Waals surface area contributed by atoms with E-state index in [1.807, 2.05) is 30.3 Å². The van der Waals surface area contributed by atoms with Crippen molar-refractivity contribution >= 4 is 5.91 Å². The maximum absolute atomic E-state index is 12.3. The predicted molar refractivity (Wildman–Crippen MR) is 95.6 cm³/mol. The molecule has 1 amide bonds. The number of carbonyl (C=O) groups excluding carboxylic acids is 1. The fourth-order valence-electron chi connectivity index (χ4n) is 3.77. The van der Waals surface area contributed by atoms with Crippen molar-refractivity contribution in [3.8, 4) is 5.75 Å². The number of ether oxygens (including phenoxy) is 3. The van der Waals surface area contributed by atoms with Crippen LogP contribution in [0.1, 0.15) is 32.1 Å². The molecule has 2 heterocycles. The van der Waals surface area contributed by atoms with Gasteiger partial charge in [-0.05, 0) is 43.7 Å². The fourth-order valence-corrected chi connectivity index (χ4v) is 3.77. The average molecular weight is 347 g/mol. The summed E-state index contributed by atoms with van der Waals surface area (Å²) < 4.78 is 16.8. The molecule has 0 unspecified atom stereocenters. The highest BCUT2D eigenvalue weighted by molar-refractivity contribution is 5.76. The molecule has 3 rings (SSSR count). The van der Waals surface area contributed by atoms with Crippen LogP contribution in [0.4, 0.5) is 0 Å². The Labute approximate surface area is 150 Å². The molecule has 0 saturated carbocycles. The minimum absolute atomic E-state index is 0.126. The molecule has 0 aliphatic carbocycles. The van der Waals surface area contributed by atoms with Gasteiger partial charge in [0.2, 0.25) is 5.91 Å². The summed E-state index contributed by atoms with van der Waals surface area (Å²) in [5.74, 6) is 2.00. The van der Waals surface area contributed by atoms with Crippen molar-refractivity contribution in [2.45, 2.75) is 38.1 Å². The molecule has 0 radical (unpaired) electrons. The van der Waals surface area contributed by atoms with Gasteiger partial charge >= 0.3 is 0 Å². The largest absolute Gasteiger partial charge is 0.494 e. The SMILES string of the molecule is O=C(CCCOc1ccccc1)N[C@@H]1CCOC[C@@H]1C1CCOCC1. The van der Waals surface area contributed by atoms with Crippen molar-refractivity contribution in [1.29, 1.82) is 0 Å². The van der Waals surface area contributed by atoms with Gasteiger partial charge in [0.1, 0.15) is 5.75 Å². The maximum atomic E-state index is 12.3. The van der Waals surface area contributed by atoms with Gasteiger partial charge in [-0.2, -0.15) is 0 Å². The Balaban J connectivity index is 1.39. The van der Waals surface area contributed by atoms with Crippen LogP contribution in [-0.4, -0.2) is 45.0 Å². The van der Waals surface area contributed by atoms with E-state index in [1.165, 1.54) is 0 Å². The number of carbonyl (C=O) groups is 1. The molecule has 1 aromatic rings. The Kier molecular flexibility index (Phi) is 7.12. The summed E-state index contributed by atoms with van der Waals surface area (Å²) in [6.07, 6.45) is 4.29. The van der Waals surface area contributed by atoms with Crippen molar-refractivity contribution in [2.75, 3.05) is 33.0 Å². The number of hydrogen-bond acceptors (Lipinski definition) is 4. The third-order valence-electron chi connectivity index (χ3n) is 5.18. The zero-order valence-electron chi connectivity index (χ0n) is 14.8. The number of nitrogens with one attached hydrogen (secondary N) is 1. The van der Waals surface area contributed by atoms with E-state index < -0.39 is 0 Å². The second-order valence-electron chi connectivity index (χ2n) is 6.92. The van der Waals surface area contributed by atoms with Gasteiger partial charge in [0.25, 0.3) is 0 Å². The summed E-state index contributed by atoms with van der Waals surface area (Å²) >= 11 is 0. The smallest absolute Gasteiger partial charge is 0.220 e. The number of hydrogen-bond donors (Lipinski definition) is 1. The third-order valence-corrected chi connectivity index (χ3v) is 5.18. The van der Waals surface area contributed by atoms with Crippen LogP contribution < -0.4 is 10.1 Å². The van der Waals surface area contributed by atoms with Crippen LogP contribution in [-0.2, 0) is 14.3 Å². The van der Waals surface area contributed by atoms with Gasteiger partial charge in [0, 0.05) is 38.2 Å². The van der Waals surface area contributed by atoms with Crippen molar-refractivity contribution in [3.63, 3.8) is 0 Å². The first kappa shape index (κ1) is 18.2. The second kappa shape index (κ2) is 9.78. The Morgan fingerprint density at radius 2 is 1.84 bits per heavy atom. The summed E-state index contributed by atoms with van der Waals surface area (Å²) in [5.41, 5.74) is 0. The van der Waals surface area contributed by atoms with E-state index in [1.54, 1.807) is 0 Å². The van der Waals surface area contributed by atoms with Crippen LogP contribution in [0.3, 0.4) is 0 Å². The molecule has 2 aliphatic heterocycles. The fraction of sp³-hybridized carbons (Fsp3) is 0.650. The highest BCUT2D eigenvalue weighted by atomic mass is 16.5. The first-order chi connectivity index (χ1) is 12.3. The zero-order chi connectivity index (χ0) is 17.3. The number of rotatable bonds is 7. The summed E-state index contributed by atoms with van der Waals surface area (Å²) in [6.45, 7) is 3.72. The predicted octanol–water partition coefficient (Wildman–Crippen LogP) is 2.79. The highest BCUT2D eigenvalue weighted by Crippen LogP contribution is 2.30. The zero-order valence-corrected chi connectivity index (χ0v) is 14.8. The number of para-hydroxylation sites is 1. The lowest BCUT2D eigenvalue weighted by atomic mass is 9.79. The van der Waals surface area contributed by atoms with Crippen LogP contribution in [0.15, 0.2) is 30.3 Å². The minimum atomic E-state index is 0.126. The van der Waals surface area contributed by atoms with E-state index >= 15 is 0 Å². The normalized spacial score (nSPS) is 24.6. The number of amides is 1. The molecule has 0 aromatic heterocycles. The van der Waals surface area contributed by atoms with Gasteiger partial charge in [0.05, 0.1) is 13.2 Å². The molecule has 1 N–H and O–H groups in total. The summed E-state index contributed by atoms with van der Waals surface area (Å²) in [7, 11) is 0. The van der Waals surface area contributed by atoms with Crippen LogP contribution in [0.5, 0.6) is 5.75 Å². The van der Waals surface area contributed by atoms with Crippen molar-refractivity contribution in [2.24, 2.45) is 11.8 Å². The van der Waals surface area contributed by atoms with Crippen molar-refractivity contribution in [3.05, 3.63) is 30.3 Å². The first-order valence-corrected chi connectivity index (χ1v) is 9.45. The van der Waals surface area contributed by atoms with Gasteiger partial charge in [-0.1, -0.05) is 18.2 Å². The monoisotopic (exact) mass is 347 g/mol. The van der Waals surface area contributed by atoms with Crippen LogP contribution in [0, 0.1) is 11.8 Å². The Bertz CT molecular complexity index is 516. The first-order valence-electron chi connectivity index (χ1n) is 9.45. The van der Waals surface area contributed by atoms with Gasteiger partial charge in [-0.25, -0.2) is 0 Å². The molecule has 2 aliphatic rings. The number of benzene rings is 1. The Hall–Kier alpha value is -1.59. The molecule has 2 atom stereocenters. The molecule has 138 valence electrons. The molecular formula is C20H29NO4. The molecule has 0 bridgehead atoms. The van der Waals surface area contributed by atoms with Crippen LogP contribution in [0.25, 0.3) is 0 Å². The highest BCUT2D eigenvalue weighted by Gasteiger charge is 2.34. The van der Waals surface area contributed by atoms with Crippen molar-refractivity contribution < 1.29 is 19.0 Å². The summed E-state index contributed by atoms with van der Waals surface area (Å²) in [4.78, 5) is 12.3. The van der Waals surface area contributed by atoms with E-state index in [4.69, 9.17) is 14.2 Å². The lowest BCUT2D eigenvalue weighted by Gasteiger charge is -2.39. The van der Waals surface area contributed by atoms with Gasteiger partial charge < -0.3 is 19.5 Å². The van der Waals surface area contributed by atoms with E-state index in [-0.39, 0.29) is 11.9 Å². The summed E-state index contributed by atoms with van der Waals surface area (Å²) in [6, 6.07) is 9.96. The summed E-state index contributed by atoms with van der Waals surface area (Å²) in [5, 5.41) is 3.25. The molecular weight excluding hydrogens is 318 g/mol. The Morgan fingerprint density at radius 1 is 1.08 bits per heavy atom.